The first kappa shape index (κ1) is 15.5. The highest BCUT2D eigenvalue weighted by atomic mass is 32.2. The van der Waals surface area contributed by atoms with Crippen molar-refractivity contribution in [2.45, 2.75) is 9.79 Å². The normalized spacial score (nSPS) is 10.8. The van der Waals surface area contributed by atoms with Gasteiger partial charge in [-0.2, -0.15) is 10.4 Å². The SMILES string of the molecule is N#C/C(=N\Nc1ccc(Sc2ccc(F)cc2)cc1)C(=N)N. The molecule has 5 nitrogen and oxygen atoms in total. The van der Waals surface area contributed by atoms with Crippen LogP contribution in [0.25, 0.3) is 0 Å². The van der Waals surface area contributed by atoms with Gasteiger partial charge >= 0.3 is 0 Å². The molecule has 2 aromatic rings. The zero-order valence-corrected chi connectivity index (χ0v) is 12.2. The van der Waals surface area contributed by atoms with Crippen molar-refractivity contribution in [1.82, 2.24) is 0 Å². The summed E-state index contributed by atoms with van der Waals surface area (Å²) in [5.74, 6) is -0.654. The summed E-state index contributed by atoms with van der Waals surface area (Å²) in [5.41, 5.74) is 8.34. The van der Waals surface area contributed by atoms with E-state index in [4.69, 9.17) is 16.4 Å². The van der Waals surface area contributed by atoms with E-state index in [1.54, 1.807) is 30.3 Å². The fourth-order valence-electron chi connectivity index (χ4n) is 1.50. The summed E-state index contributed by atoms with van der Waals surface area (Å²) in [7, 11) is 0. The third kappa shape index (κ3) is 4.33. The van der Waals surface area contributed by atoms with Gasteiger partial charge in [0, 0.05) is 9.79 Å². The van der Waals surface area contributed by atoms with Gasteiger partial charge in [-0.1, -0.05) is 11.8 Å². The molecular formula is C15H12FN5S. The van der Waals surface area contributed by atoms with Gasteiger partial charge in [-0.3, -0.25) is 10.8 Å². The van der Waals surface area contributed by atoms with Crippen molar-refractivity contribution in [2.75, 3.05) is 5.43 Å². The first-order valence-electron chi connectivity index (χ1n) is 6.20. The van der Waals surface area contributed by atoms with Crippen molar-refractivity contribution in [2.24, 2.45) is 10.8 Å². The van der Waals surface area contributed by atoms with E-state index < -0.39 is 5.84 Å². The monoisotopic (exact) mass is 313 g/mol. The molecule has 7 heteroatoms. The predicted octanol–water partition coefficient (Wildman–Crippen LogP) is 3.20. The summed E-state index contributed by atoms with van der Waals surface area (Å²) in [5, 5.41) is 19.6. The number of nitrogens with zero attached hydrogens (tertiary/aromatic N) is 2. The Labute approximate surface area is 131 Å². The number of hydrogen-bond donors (Lipinski definition) is 3. The van der Waals surface area contributed by atoms with E-state index in [2.05, 4.69) is 10.5 Å². The van der Waals surface area contributed by atoms with E-state index in [9.17, 15) is 4.39 Å². The van der Waals surface area contributed by atoms with Gasteiger partial charge in [0.1, 0.15) is 11.9 Å². The number of nitrogens with one attached hydrogen (secondary N) is 2. The fourth-order valence-corrected chi connectivity index (χ4v) is 2.32. The Bertz CT molecular complexity index is 732. The van der Waals surface area contributed by atoms with Crippen molar-refractivity contribution in [1.29, 1.82) is 10.7 Å². The van der Waals surface area contributed by atoms with E-state index in [-0.39, 0.29) is 11.5 Å². The summed E-state index contributed by atoms with van der Waals surface area (Å²) in [6.45, 7) is 0. The lowest BCUT2D eigenvalue weighted by Gasteiger charge is -2.04. The standard InChI is InChI=1S/C15H12FN5S/c16-10-1-5-12(6-2-10)22-13-7-3-11(4-8-13)20-21-14(9-17)15(18)19/h1-8,20H,(H3,18,19)/b21-14+. The van der Waals surface area contributed by atoms with Gasteiger partial charge in [0.2, 0.25) is 5.71 Å². The van der Waals surface area contributed by atoms with E-state index >= 15 is 0 Å². The molecule has 0 spiro atoms. The Morgan fingerprint density at radius 2 is 1.68 bits per heavy atom. The summed E-state index contributed by atoms with van der Waals surface area (Å²) in [6.07, 6.45) is 0. The maximum atomic E-state index is 12.8. The van der Waals surface area contributed by atoms with Crippen molar-refractivity contribution in [3.63, 3.8) is 0 Å². The number of benzene rings is 2. The zero-order valence-electron chi connectivity index (χ0n) is 11.4. The molecule has 110 valence electrons. The highest BCUT2D eigenvalue weighted by Crippen LogP contribution is 2.28. The molecule has 4 N–H and O–H groups in total. The summed E-state index contributed by atoms with van der Waals surface area (Å²) in [4.78, 5) is 1.91. The number of nitriles is 1. The molecule has 0 bridgehead atoms. The van der Waals surface area contributed by atoms with Crippen LogP contribution in [0.5, 0.6) is 0 Å². The number of rotatable bonds is 5. The number of halogens is 1. The molecule has 0 saturated carbocycles. The lowest BCUT2D eigenvalue weighted by atomic mass is 10.3. The van der Waals surface area contributed by atoms with Gasteiger partial charge in [0.25, 0.3) is 0 Å². The molecule has 0 heterocycles. The molecular weight excluding hydrogens is 301 g/mol. The van der Waals surface area contributed by atoms with Crippen molar-refractivity contribution in [3.05, 3.63) is 54.3 Å². The second-order valence-electron chi connectivity index (χ2n) is 4.18. The van der Waals surface area contributed by atoms with Gasteiger partial charge < -0.3 is 5.73 Å². The molecule has 0 radical (unpaired) electrons. The van der Waals surface area contributed by atoms with E-state index in [0.717, 1.165) is 9.79 Å². The van der Waals surface area contributed by atoms with Crippen LogP contribution in [0.3, 0.4) is 0 Å². The molecule has 2 rings (SSSR count). The number of hydrogen-bond acceptors (Lipinski definition) is 5. The Balaban J connectivity index is 2.03. The number of nitrogens with two attached hydrogens (primary N) is 1. The van der Waals surface area contributed by atoms with Crippen LogP contribution in [0.15, 0.2) is 63.4 Å². The molecule has 0 aromatic heterocycles. The van der Waals surface area contributed by atoms with Gasteiger partial charge in [0.15, 0.2) is 5.84 Å². The number of hydrazone groups is 1. The maximum absolute atomic E-state index is 12.8. The summed E-state index contributed by atoms with van der Waals surface area (Å²) >= 11 is 1.50. The third-order valence-electron chi connectivity index (χ3n) is 2.56. The molecule has 22 heavy (non-hydrogen) atoms. The van der Waals surface area contributed by atoms with Gasteiger partial charge in [-0.25, -0.2) is 4.39 Å². The molecule has 2 aromatic carbocycles. The fraction of sp³-hybridized carbons (Fsp3) is 0. The van der Waals surface area contributed by atoms with E-state index in [1.165, 1.54) is 23.9 Å². The van der Waals surface area contributed by atoms with Crippen molar-refractivity contribution in [3.8, 4) is 6.07 Å². The molecule has 0 aliphatic carbocycles. The quantitative estimate of drug-likeness (QED) is 0.448. The topological polar surface area (TPSA) is 98.0 Å². The maximum Gasteiger partial charge on any atom is 0.201 e. The lowest BCUT2D eigenvalue weighted by molar-refractivity contribution is 0.626. The van der Waals surface area contributed by atoms with Crippen LogP contribution in [0.1, 0.15) is 0 Å². The minimum absolute atomic E-state index is 0.176. The van der Waals surface area contributed by atoms with E-state index in [0.29, 0.717) is 5.69 Å². The van der Waals surface area contributed by atoms with Crippen LogP contribution in [0.2, 0.25) is 0 Å². The van der Waals surface area contributed by atoms with Crippen LogP contribution >= 0.6 is 11.8 Å². The Morgan fingerprint density at radius 3 is 2.18 bits per heavy atom. The molecule has 0 saturated heterocycles. The largest absolute Gasteiger partial charge is 0.382 e. The average Bonchev–Trinajstić information content (AvgIpc) is 2.51. The zero-order chi connectivity index (χ0) is 15.9. The highest BCUT2D eigenvalue weighted by Gasteiger charge is 2.01. The molecule has 0 amide bonds. The van der Waals surface area contributed by atoms with Crippen LogP contribution in [0, 0.1) is 22.6 Å². The van der Waals surface area contributed by atoms with Crippen LogP contribution in [-0.4, -0.2) is 11.5 Å². The Morgan fingerprint density at radius 1 is 1.14 bits per heavy atom. The first-order chi connectivity index (χ1) is 10.6. The van der Waals surface area contributed by atoms with Gasteiger partial charge in [-0.15, -0.1) is 0 Å². The van der Waals surface area contributed by atoms with Crippen LogP contribution < -0.4 is 11.2 Å². The van der Waals surface area contributed by atoms with Gasteiger partial charge in [-0.05, 0) is 48.5 Å². The smallest absolute Gasteiger partial charge is 0.201 e. The summed E-state index contributed by atoms with van der Waals surface area (Å²) < 4.78 is 12.8. The molecule has 0 fully saturated rings. The Kier molecular flexibility index (Phi) is 5.11. The third-order valence-corrected chi connectivity index (χ3v) is 3.58. The van der Waals surface area contributed by atoms with E-state index in [1.807, 2.05) is 12.1 Å². The highest BCUT2D eigenvalue weighted by molar-refractivity contribution is 7.99. The number of amidine groups is 1. The molecule has 0 aliphatic rings. The summed E-state index contributed by atoms with van der Waals surface area (Å²) in [6, 6.07) is 15.3. The van der Waals surface area contributed by atoms with Crippen molar-refractivity contribution < 1.29 is 4.39 Å². The predicted molar refractivity (Wildman–Crippen MR) is 85.5 cm³/mol. The molecule has 0 aliphatic heterocycles. The second-order valence-corrected chi connectivity index (χ2v) is 5.32. The molecule has 0 atom stereocenters. The minimum atomic E-state index is -0.390. The molecule has 0 unspecified atom stereocenters. The number of anilines is 1. The van der Waals surface area contributed by atoms with Crippen LogP contribution in [-0.2, 0) is 0 Å². The average molecular weight is 313 g/mol. The van der Waals surface area contributed by atoms with Crippen molar-refractivity contribution >= 4 is 29.0 Å². The van der Waals surface area contributed by atoms with Gasteiger partial charge in [0.05, 0.1) is 5.69 Å². The lowest BCUT2D eigenvalue weighted by Crippen LogP contribution is -2.21. The van der Waals surface area contributed by atoms with Crippen LogP contribution in [0.4, 0.5) is 10.1 Å². The second kappa shape index (κ2) is 7.24. The first-order valence-corrected chi connectivity index (χ1v) is 7.02. The Hall–Kier alpha value is -2.85. The minimum Gasteiger partial charge on any atom is -0.382 e.